The summed E-state index contributed by atoms with van der Waals surface area (Å²) in [4.78, 5) is 130. The molecule has 5 unspecified atom stereocenters. The minimum Gasteiger partial charge on any atom is -0.456 e. The van der Waals surface area contributed by atoms with Gasteiger partial charge >= 0.3 is 48.0 Å². The van der Waals surface area contributed by atoms with Gasteiger partial charge in [-0.05, 0) is 165 Å². The molecule has 0 spiro atoms. The van der Waals surface area contributed by atoms with Gasteiger partial charge in [0.25, 0.3) is 0 Å². The van der Waals surface area contributed by atoms with E-state index in [0.29, 0.717) is 52.3 Å². The summed E-state index contributed by atoms with van der Waals surface area (Å²) in [6, 6.07) is 31.6. The molecule has 18 rings (SSSR count). The summed E-state index contributed by atoms with van der Waals surface area (Å²) in [5, 5.41) is 92.1. The quantitative estimate of drug-likeness (QED) is 0.0123. The molecule has 38 nitrogen and oxygen atoms in total. The molecule has 8 heterocycles. The van der Waals surface area contributed by atoms with Gasteiger partial charge in [-0.1, -0.05) is 146 Å². The zero-order chi connectivity index (χ0) is 106. The number of aliphatic hydroxyl groups is 7. The summed E-state index contributed by atoms with van der Waals surface area (Å²) >= 11 is 0. The Hall–Kier alpha value is -8.94. The number of hydrogen-bond acceptors (Lipinski definition) is 36. The van der Waals surface area contributed by atoms with Gasteiger partial charge in [0.1, 0.15) is 71.2 Å². The van der Waals surface area contributed by atoms with Crippen LogP contribution in [0.25, 0.3) is 0 Å². The van der Waals surface area contributed by atoms with Gasteiger partial charge in [-0.15, -0.1) is 0 Å². The summed E-state index contributed by atoms with van der Waals surface area (Å²) in [5.41, 5.74) is -12.5. The van der Waals surface area contributed by atoms with Gasteiger partial charge in [0.15, 0.2) is 36.0 Å². The number of piperidine rings is 2. The van der Waals surface area contributed by atoms with Crippen molar-refractivity contribution in [2.75, 3.05) is 106 Å². The van der Waals surface area contributed by atoms with Gasteiger partial charge in [-0.25, -0.2) is 28.8 Å². The molecule has 4 bridgehead atoms. The summed E-state index contributed by atoms with van der Waals surface area (Å²) in [7, 11) is 1.00. The number of likely N-dealkylation sites (tertiary alicyclic amines) is 1. The van der Waals surface area contributed by atoms with Crippen molar-refractivity contribution in [1.82, 2.24) is 30.7 Å². The molecule has 0 aromatic heterocycles. The molecule has 8 aliphatic heterocycles. The van der Waals surface area contributed by atoms with E-state index in [4.69, 9.17) is 80.9 Å². The average molecular weight is 2110 g/mol. The zero-order valence-corrected chi connectivity index (χ0v) is 89.4. The molecule has 27 atom stereocenters. The van der Waals surface area contributed by atoms with E-state index in [1.165, 1.54) is 51.9 Å². The number of alkyl carbamates (subject to hydrolysis) is 2. The van der Waals surface area contributed by atoms with Crippen molar-refractivity contribution in [2.24, 2.45) is 33.5 Å². The molecule has 4 aromatic carbocycles. The molecule has 149 heavy (non-hydrogen) atoms. The van der Waals surface area contributed by atoms with Gasteiger partial charge in [0.2, 0.25) is 6.29 Å². The van der Waals surface area contributed by atoms with Crippen LogP contribution in [0.5, 0.6) is 0 Å². The minimum absolute atomic E-state index is 0. The maximum Gasteiger partial charge on any atom is 0.408 e. The Bertz CT molecular complexity index is 5350. The van der Waals surface area contributed by atoms with Crippen LogP contribution in [0.4, 0.5) is 9.59 Å². The topological polar surface area (TPSA) is 489 Å². The van der Waals surface area contributed by atoms with Crippen LogP contribution in [-0.2, 0) is 99.8 Å². The van der Waals surface area contributed by atoms with Crippen molar-refractivity contribution in [1.29, 1.82) is 0 Å². The first-order valence-electron chi connectivity index (χ1n) is 51.4. The van der Waals surface area contributed by atoms with Crippen LogP contribution < -0.4 is 16.0 Å². The Morgan fingerprint density at radius 3 is 1.23 bits per heavy atom. The largest absolute Gasteiger partial charge is 0.456 e. The van der Waals surface area contributed by atoms with E-state index in [0.717, 1.165) is 91.7 Å². The number of morpholine rings is 2. The van der Waals surface area contributed by atoms with Crippen molar-refractivity contribution < 1.29 is 156 Å². The highest BCUT2D eigenvalue weighted by Crippen LogP contribution is 2.70. The van der Waals surface area contributed by atoms with E-state index >= 15 is 0 Å². The molecule has 4 aromatic rings. The first kappa shape index (κ1) is 117. The number of esters is 6. The van der Waals surface area contributed by atoms with Crippen LogP contribution in [0.3, 0.4) is 0 Å². The molecule has 826 valence electrons. The average Bonchev–Trinajstić information content (AvgIpc) is 1.15. The fourth-order valence-corrected chi connectivity index (χ4v) is 25.7. The number of ether oxygens (including phenoxy) is 16. The van der Waals surface area contributed by atoms with Crippen molar-refractivity contribution in [3.05, 3.63) is 166 Å². The molecular formula is C110H159N6O32P. The van der Waals surface area contributed by atoms with Crippen molar-refractivity contribution in [3.8, 4) is 0 Å². The molecular weight excluding hydrogens is 1950 g/mol. The van der Waals surface area contributed by atoms with Crippen molar-refractivity contribution in [2.45, 2.75) is 325 Å². The lowest BCUT2D eigenvalue weighted by Gasteiger charge is -2.68. The van der Waals surface area contributed by atoms with Gasteiger partial charge in [0.05, 0.1) is 99.1 Å². The second-order valence-corrected chi connectivity index (χ2v) is 44.8. The molecule has 6 aliphatic carbocycles. The number of carbonyl (C=O) groups is 9. The van der Waals surface area contributed by atoms with Crippen LogP contribution in [-0.4, -0.2) is 354 Å². The van der Waals surface area contributed by atoms with Gasteiger partial charge in [-0.2, -0.15) is 9.90 Å². The summed E-state index contributed by atoms with van der Waals surface area (Å²) in [6.45, 7) is 37.9. The van der Waals surface area contributed by atoms with E-state index in [2.05, 4.69) is 30.7 Å². The Labute approximate surface area is 877 Å². The molecule has 10 N–H and O–H groups in total. The predicted octanol–water partition coefficient (Wildman–Crippen LogP) is 8.49. The minimum atomic E-state index is -2.25. The Morgan fingerprint density at radius 2 is 0.879 bits per heavy atom. The van der Waals surface area contributed by atoms with Crippen LogP contribution in [0, 0.1) is 33.5 Å². The number of benzene rings is 4. The second-order valence-electron chi connectivity index (χ2n) is 44.8. The normalized spacial score (nSPS) is 34.3. The third-order valence-corrected chi connectivity index (χ3v) is 33.1. The first-order valence-corrected chi connectivity index (χ1v) is 51.4. The molecule has 2 amide bonds. The van der Waals surface area contributed by atoms with Crippen LogP contribution >= 0.6 is 9.90 Å². The number of fused-ring (bicyclic) bond motifs is 16. The number of carbonyl (C=O) groups excluding carboxylic acids is 9. The fourth-order valence-electron chi connectivity index (χ4n) is 25.7. The Kier molecular flexibility index (Phi) is 37.1. The molecule has 0 radical (unpaired) electrons. The van der Waals surface area contributed by atoms with E-state index in [9.17, 15) is 73.8 Å². The number of aliphatic hydroxyl groups excluding tert-OH is 5. The number of hydrogen-bond donors (Lipinski definition) is 10. The van der Waals surface area contributed by atoms with Gasteiger partial charge in [0, 0.05) is 115 Å². The predicted molar refractivity (Wildman–Crippen MR) is 547 cm³/mol. The Morgan fingerprint density at radius 1 is 0.517 bits per heavy atom. The smallest absolute Gasteiger partial charge is 0.408 e. The first-order chi connectivity index (χ1) is 69.6. The number of nitrogens with zero attached hydrogens (tertiary/aromatic N) is 3. The molecule has 8 saturated heterocycles. The lowest BCUT2D eigenvalue weighted by molar-refractivity contribution is -0.362. The second kappa shape index (κ2) is 47.2. The molecule has 4 saturated carbocycles. The summed E-state index contributed by atoms with van der Waals surface area (Å²) in [5.74, 6) is -7.81. The monoisotopic (exact) mass is 2110 g/mol. The SMILES string of the molecule is C.C1CC(N2CCOCC2)CCN1.CC(=O)O[C@@]12COC1C[C@H](O)[C@@]1(C)[C@@H]3OC(C=O)O[C@@H]3C3=C(C)[C@@H](OC(=O)[C@H](O)[C@@H](NC(=O)OC(C)(C)C)c4ccccc4)C[C@@](O)([C@@H](OC(=O)c4ccccc4)[C@@H]12)C3(C)C.CC(=O)O[C@@]12COC1C[C@H](O)[C@@]1(C)[C@@H]3OC(CN4CCC(N5CCOCC5)CC4)O[C@@H]3C3=C(C)[C@@H](OC(=O)[C@H](O)[C@@H](NC(=O)OC(C)(C)C)c4ccccc4)C[C@@](O)([C@@H](OC(=O)c4ccccc4)[C@@H]12)C3(C)C.CO.P.[HH]. The maximum atomic E-state index is 14.7. The highest BCUT2D eigenvalue weighted by molar-refractivity contribution is 6.92. The fraction of sp³-hybridized carbons (Fsp3) is 0.664. The highest BCUT2D eigenvalue weighted by Gasteiger charge is 2.82. The zero-order valence-electron chi connectivity index (χ0n) is 88.0. The van der Waals surface area contributed by atoms with Gasteiger partial charge < -0.3 is 127 Å². The van der Waals surface area contributed by atoms with Crippen LogP contribution in [0.1, 0.15) is 215 Å². The van der Waals surface area contributed by atoms with E-state index < -0.39 is 232 Å². The molecule has 12 fully saturated rings. The maximum absolute atomic E-state index is 14.7. The highest BCUT2D eigenvalue weighted by atomic mass is 31.0. The third-order valence-electron chi connectivity index (χ3n) is 33.1. The molecule has 39 heteroatoms. The van der Waals surface area contributed by atoms with Crippen LogP contribution in [0.15, 0.2) is 144 Å². The number of aldehydes is 1. The summed E-state index contributed by atoms with van der Waals surface area (Å²) < 4.78 is 99.3. The number of nitrogens with one attached hydrogen (secondary N) is 3. The molecule has 14 aliphatic rings. The summed E-state index contributed by atoms with van der Waals surface area (Å²) in [6.07, 6.45) is -18.6. The number of amides is 2. The Balaban J connectivity index is 0.000000233. The van der Waals surface area contributed by atoms with Crippen molar-refractivity contribution >= 4 is 64.2 Å². The van der Waals surface area contributed by atoms with E-state index in [1.807, 2.05) is 20.8 Å². The number of rotatable bonds is 21. The lowest BCUT2D eigenvalue weighted by atomic mass is 9.44. The van der Waals surface area contributed by atoms with Gasteiger partial charge in [-0.3, -0.25) is 29.1 Å². The standard InChI is InChI=1S/C54H73N3O15.C45H55NO15.C9H18N2O.CH4O.CH4.H3P.H2/c1-31-36(67-48(62)42(60)41(33-15-11-9-12-16-33)55-49(63)72-50(3,4)5)28-54(64)46(70-47(61)34-17-13-10-14-18-34)44-52(8,37(59)27-38-53(44,30-66-38)71-32(2)58)45-43(40(31)51(54,6)7)68-39(69-45)29-56-21-19-35(20-22-56)57-23-25-65-26-24-57;1-23-27(56-39(52)33(50)32(25-15-11-9-12-16-25)46-40(53)61-41(3,4)5)20-45(54)37(59-38(51)26-17-13-10-14-18-26)35-43(8,28(49)19-29-44(35,22-55-29)60-24(2)48)36-34(31(23)42(45,6)7)57-30(21-47)58-36;1-3-10-4-2-9(1)11-5-7-12-8-6-11;1-2;;;/h9-18,35-39,41-46,59-60,64H,19-30H2,1-8H3,(H,55,63);9-18,21,27-30,32-37,49-50,54H,19-20,22H2,1-8H3,(H,46,53);9-10H,1-8H2;2H,1H3;1H4;1H3;1H/t36-,37-,38?,39?,41-,42+,43+,44-,45+,46-,52+,53-,54+;27-,28-,29?,30?,32-,33+,34+,35-,36+,37-,43+,44-,45+;;;;;/m00...../s1. The van der Waals surface area contributed by atoms with E-state index in [1.54, 1.807) is 185 Å². The lowest BCUT2D eigenvalue weighted by Crippen LogP contribution is -2.82. The van der Waals surface area contributed by atoms with Crippen LogP contribution in [0.2, 0.25) is 0 Å². The third kappa shape index (κ3) is 23.3. The van der Waals surface area contributed by atoms with E-state index in [-0.39, 0.29) is 62.4 Å². The van der Waals surface area contributed by atoms with Crippen molar-refractivity contribution in [3.63, 3.8) is 0 Å².